The summed E-state index contributed by atoms with van der Waals surface area (Å²) in [5.74, 6) is -0.106. The van der Waals surface area contributed by atoms with E-state index in [1.54, 1.807) is 14.1 Å². The molecule has 0 aliphatic rings. The molecule has 0 aromatic carbocycles. The van der Waals surface area contributed by atoms with Gasteiger partial charge < -0.3 is 14.4 Å². The largest absolute Gasteiger partial charge is 0.405 e. The number of amides is 1. The summed E-state index contributed by atoms with van der Waals surface area (Å²) in [6, 6.07) is 0. The predicted molar refractivity (Wildman–Crippen MR) is 81.6 cm³/mol. The Bertz CT molecular complexity index is 321. The van der Waals surface area contributed by atoms with E-state index in [2.05, 4.69) is 40.4 Å². The van der Waals surface area contributed by atoms with E-state index in [1.807, 2.05) is 0 Å². The minimum absolute atomic E-state index is 0.0248. The van der Waals surface area contributed by atoms with Crippen molar-refractivity contribution in [3.05, 3.63) is 12.7 Å². The first kappa shape index (κ1) is 18.3. The smallest absolute Gasteiger partial charge is 0.250 e. The van der Waals surface area contributed by atoms with E-state index in [1.165, 1.54) is 11.0 Å². The molecule has 0 spiro atoms. The Balaban J connectivity index is 5.06. The highest BCUT2D eigenvalue weighted by atomic mass is 28.4. The van der Waals surface area contributed by atoms with Crippen LogP contribution >= 0.6 is 0 Å². The summed E-state index contributed by atoms with van der Waals surface area (Å²) in [6.07, 6.45) is 0.361. The van der Waals surface area contributed by atoms with Crippen molar-refractivity contribution in [2.24, 2.45) is 0 Å². The van der Waals surface area contributed by atoms with Crippen molar-refractivity contribution in [1.82, 2.24) is 4.90 Å². The molecule has 1 amide bonds. The van der Waals surface area contributed by atoms with Crippen LogP contribution in [0.2, 0.25) is 18.1 Å². The number of aliphatic hydroxyl groups excluding tert-OH is 1. The number of nitrogens with zero attached hydrogens (tertiary/aromatic N) is 1. The third-order valence-corrected chi connectivity index (χ3v) is 8.17. The molecule has 0 aliphatic carbocycles. The molecular weight excluding hydrogens is 258 g/mol. The summed E-state index contributed by atoms with van der Waals surface area (Å²) < 4.78 is 6.14. The molecule has 5 heteroatoms. The first-order valence-electron chi connectivity index (χ1n) is 6.62. The number of carbonyl (C=O) groups is 1. The zero-order chi connectivity index (χ0) is 15.4. The lowest BCUT2D eigenvalue weighted by atomic mass is 10.1. The zero-order valence-electron chi connectivity index (χ0n) is 13.4. The van der Waals surface area contributed by atoms with Gasteiger partial charge in [0.15, 0.2) is 8.32 Å². The monoisotopic (exact) mass is 287 g/mol. The fraction of sp³-hybridized carbons (Fsp3) is 0.786. The van der Waals surface area contributed by atoms with Crippen molar-refractivity contribution >= 4 is 14.2 Å². The van der Waals surface area contributed by atoms with Crippen LogP contribution in [0.3, 0.4) is 0 Å². The average molecular weight is 287 g/mol. The summed E-state index contributed by atoms with van der Waals surface area (Å²) in [6.45, 7) is 14.1. The molecule has 0 bridgehead atoms. The second kappa shape index (κ2) is 6.68. The molecule has 4 nitrogen and oxygen atoms in total. The normalized spacial score (nSPS) is 15.8. The zero-order valence-corrected chi connectivity index (χ0v) is 14.4. The van der Waals surface area contributed by atoms with Crippen molar-refractivity contribution in [2.75, 3.05) is 14.1 Å². The molecule has 0 aromatic rings. The standard InChI is InChI=1S/C14H29NO3Si/c1-9-11(16)10-12(13(17)15(5)6)18-19(7,8)14(2,3)4/h9,11-12,16H,1,10H2,2-8H3/t11-,12+/m1/s1. The highest BCUT2D eigenvalue weighted by Crippen LogP contribution is 2.37. The quantitative estimate of drug-likeness (QED) is 0.603. The summed E-state index contributed by atoms with van der Waals surface area (Å²) in [7, 11) is 1.35. The van der Waals surface area contributed by atoms with Crippen molar-refractivity contribution in [3.8, 4) is 0 Å². The number of likely N-dealkylation sites (N-methyl/N-ethyl adjacent to an activating group) is 1. The number of carbonyl (C=O) groups excluding carboxylic acids is 1. The van der Waals surface area contributed by atoms with Gasteiger partial charge in [-0.1, -0.05) is 26.8 Å². The van der Waals surface area contributed by atoms with Crippen molar-refractivity contribution in [1.29, 1.82) is 0 Å². The van der Waals surface area contributed by atoms with Crippen LogP contribution in [0.4, 0.5) is 0 Å². The van der Waals surface area contributed by atoms with Gasteiger partial charge in [-0.05, 0) is 18.1 Å². The molecule has 0 aromatic heterocycles. The molecule has 2 atom stereocenters. The Morgan fingerprint density at radius 1 is 1.42 bits per heavy atom. The minimum atomic E-state index is -2.05. The topological polar surface area (TPSA) is 49.8 Å². The van der Waals surface area contributed by atoms with Crippen LogP contribution < -0.4 is 0 Å². The highest BCUT2D eigenvalue weighted by Gasteiger charge is 2.41. The Morgan fingerprint density at radius 2 is 1.89 bits per heavy atom. The Hall–Kier alpha value is -0.653. The van der Waals surface area contributed by atoms with Gasteiger partial charge in [-0.2, -0.15) is 0 Å². The van der Waals surface area contributed by atoms with Gasteiger partial charge in [0.2, 0.25) is 5.91 Å². The lowest BCUT2D eigenvalue weighted by Gasteiger charge is -2.39. The molecule has 0 radical (unpaired) electrons. The molecule has 1 N–H and O–H groups in total. The van der Waals surface area contributed by atoms with Crippen LogP contribution in [0, 0.1) is 0 Å². The first-order chi connectivity index (χ1) is 8.42. The van der Waals surface area contributed by atoms with E-state index in [-0.39, 0.29) is 17.4 Å². The second-order valence-corrected chi connectivity index (χ2v) is 11.4. The minimum Gasteiger partial charge on any atom is -0.405 e. The van der Waals surface area contributed by atoms with Crippen LogP contribution in [0.1, 0.15) is 27.2 Å². The van der Waals surface area contributed by atoms with Gasteiger partial charge in [0.1, 0.15) is 6.10 Å². The molecule has 0 rings (SSSR count). The molecule has 0 heterocycles. The number of hydrogen-bond acceptors (Lipinski definition) is 3. The lowest BCUT2D eigenvalue weighted by molar-refractivity contribution is -0.137. The fourth-order valence-corrected chi connectivity index (χ4v) is 2.60. The summed E-state index contributed by atoms with van der Waals surface area (Å²) in [4.78, 5) is 13.7. The molecule has 0 fully saturated rings. The van der Waals surface area contributed by atoms with Crippen molar-refractivity contribution < 1.29 is 14.3 Å². The molecule has 112 valence electrons. The highest BCUT2D eigenvalue weighted by molar-refractivity contribution is 6.74. The SMILES string of the molecule is C=C[C@@H](O)C[C@H](O[Si](C)(C)C(C)(C)C)C(=O)N(C)C. The van der Waals surface area contributed by atoms with Gasteiger partial charge in [-0.3, -0.25) is 4.79 Å². The summed E-state index contributed by atoms with van der Waals surface area (Å²) in [5, 5.41) is 9.73. The number of rotatable bonds is 6. The average Bonchev–Trinajstić information content (AvgIpc) is 2.24. The maximum atomic E-state index is 12.2. The van der Waals surface area contributed by atoms with Crippen LogP contribution in [-0.4, -0.2) is 50.5 Å². The Kier molecular flexibility index (Phi) is 6.45. The predicted octanol–water partition coefficient (Wildman–Crippen LogP) is 2.40. The maximum absolute atomic E-state index is 12.2. The van der Waals surface area contributed by atoms with Gasteiger partial charge in [0.25, 0.3) is 0 Å². The van der Waals surface area contributed by atoms with Gasteiger partial charge in [-0.25, -0.2) is 0 Å². The van der Waals surface area contributed by atoms with Gasteiger partial charge in [0, 0.05) is 20.5 Å². The third kappa shape index (κ3) is 5.46. The number of hydrogen-bond donors (Lipinski definition) is 1. The van der Waals surface area contributed by atoms with Gasteiger partial charge in [-0.15, -0.1) is 6.58 Å². The Morgan fingerprint density at radius 3 is 2.21 bits per heavy atom. The van der Waals surface area contributed by atoms with Crippen LogP contribution in [0.5, 0.6) is 0 Å². The molecular formula is C14H29NO3Si. The van der Waals surface area contributed by atoms with E-state index < -0.39 is 20.5 Å². The molecule has 0 saturated carbocycles. The fourth-order valence-electron chi connectivity index (χ4n) is 1.34. The van der Waals surface area contributed by atoms with E-state index in [0.29, 0.717) is 0 Å². The van der Waals surface area contributed by atoms with Crippen molar-refractivity contribution in [3.63, 3.8) is 0 Å². The molecule has 19 heavy (non-hydrogen) atoms. The maximum Gasteiger partial charge on any atom is 0.250 e. The van der Waals surface area contributed by atoms with Crippen molar-refractivity contribution in [2.45, 2.75) is 57.5 Å². The molecule has 0 saturated heterocycles. The van der Waals surface area contributed by atoms with E-state index in [9.17, 15) is 9.90 Å². The third-order valence-electron chi connectivity index (χ3n) is 3.69. The first-order valence-corrected chi connectivity index (χ1v) is 9.53. The lowest BCUT2D eigenvalue weighted by Crippen LogP contribution is -2.49. The van der Waals surface area contributed by atoms with Gasteiger partial charge >= 0.3 is 0 Å². The van der Waals surface area contributed by atoms with E-state index >= 15 is 0 Å². The summed E-state index contributed by atoms with van der Waals surface area (Å²) >= 11 is 0. The second-order valence-electron chi connectivity index (χ2n) is 6.64. The molecule has 0 aliphatic heterocycles. The summed E-state index contributed by atoms with van der Waals surface area (Å²) in [5.41, 5.74) is 0. The van der Waals surface area contributed by atoms with Crippen LogP contribution in [-0.2, 0) is 9.22 Å². The number of aliphatic hydroxyl groups is 1. The van der Waals surface area contributed by atoms with Crippen LogP contribution in [0.25, 0.3) is 0 Å². The van der Waals surface area contributed by atoms with E-state index in [0.717, 1.165) is 0 Å². The van der Waals surface area contributed by atoms with E-state index in [4.69, 9.17) is 4.43 Å². The van der Waals surface area contributed by atoms with Gasteiger partial charge in [0.05, 0.1) is 6.10 Å². The van der Waals surface area contributed by atoms with Crippen LogP contribution in [0.15, 0.2) is 12.7 Å². The molecule has 0 unspecified atom stereocenters. The Labute approximate surface area is 118 Å².